The predicted molar refractivity (Wildman–Crippen MR) is 109 cm³/mol. The van der Waals surface area contributed by atoms with Crippen LogP contribution >= 0.6 is 0 Å². The zero-order chi connectivity index (χ0) is 22.4. The van der Waals surface area contributed by atoms with Gasteiger partial charge < -0.3 is 24.1 Å². The summed E-state index contributed by atoms with van der Waals surface area (Å²) >= 11 is 0. The Morgan fingerprint density at radius 2 is 1.97 bits per heavy atom. The van der Waals surface area contributed by atoms with Gasteiger partial charge in [-0.05, 0) is 23.8 Å². The van der Waals surface area contributed by atoms with Gasteiger partial charge in [-0.15, -0.1) is 0 Å². The van der Waals surface area contributed by atoms with E-state index >= 15 is 0 Å². The highest BCUT2D eigenvalue weighted by Gasteiger charge is 2.19. The van der Waals surface area contributed by atoms with Gasteiger partial charge in [0.05, 0.1) is 25.2 Å². The number of rotatable bonds is 7. The van der Waals surface area contributed by atoms with Crippen molar-refractivity contribution in [1.29, 1.82) is 0 Å². The first-order valence-electron chi connectivity index (χ1n) is 9.24. The van der Waals surface area contributed by atoms with Crippen molar-refractivity contribution in [3.05, 3.63) is 60.4 Å². The van der Waals surface area contributed by atoms with Crippen molar-refractivity contribution < 1.29 is 23.9 Å². The van der Waals surface area contributed by atoms with E-state index in [-0.39, 0.29) is 18.2 Å². The SMILES string of the molecule is COc1cc(/C=C/c2[nH]c(=O)[nH]c(=O)c2[N+](=O)[O-])ccc1OCC(=O)N1CCOCC1. The van der Waals surface area contributed by atoms with Crippen LogP contribution in [0.4, 0.5) is 5.69 Å². The molecule has 0 radical (unpaired) electrons. The highest BCUT2D eigenvalue weighted by atomic mass is 16.6. The highest BCUT2D eigenvalue weighted by Crippen LogP contribution is 2.29. The van der Waals surface area contributed by atoms with Gasteiger partial charge in [0, 0.05) is 13.1 Å². The fraction of sp³-hybridized carbons (Fsp3) is 0.316. The topological polar surface area (TPSA) is 157 Å². The average molecular weight is 432 g/mol. The molecule has 1 saturated heterocycles. The van der Waals surface area contributed by atoms with Crippen LogP contribution in [0, 0.1) is 10.1 Å². The summed E-state index contributed by atoms with van der Waals surface area (Å²) in [5, 5.41) is 11.1. The van der Waals surface area contributed by atoms with Gasteiger partial charge in [0.25, 0.3) is 5.91 Å². The summed E-state index contributed by atoms with van der Waals surface area (Å²) in [5.41, 5.74) is -2.42. The Labute approximate surface area is 175 Å². The van der Waals surface area contributed by atoms with E-state index in [2.05, 4.69) is 4.98 Å². The molecular formula is C19H20N4O8. The van der Waals surface area contributed by atoms with Gasteiger partial charge in [-0.25, -0.2) is 4.79 Å². The molecule has 1 aromatic carbocycles. The maximum atomic E-state index is 12.2. The van der Waals surface area contributed by atoms with E-state index in [1.807, 2.05) is 4.98 Å². The van der Waals surface area contributed by atoms with E-state index in [0.717, 1.165) is 0 Å². The van der Waals surface area contributed by atoms with Crippen molar-refractivity contribution in [1.82, 2.24) is 14.9 Å². The molecule has 164 valence electrons. The summed E-state index contributed by atoms with van der Waals surface area (Å²) in [7, 11) is 1.43. The standard InChI is InChI=1S/C19H20N4O8/c1-29-15-10-12(2-4-13-17(23(27)28)18(25)21-19(26)20-13)3-5-14(15)31-11-16(24)22-6-8-30-9-7-22/h2-5,10H,6-9,11H2,1H3,(H2,20,21,25,26)/b4-2+. The Morgan fingerprint density at radius 1 is 1.23 bits per heavy atom. The number of morpholine rings is 1. The monoisotopic (exact) mass is 432 g/mol. The van der Waals surface area contributed by atoms with Crippen LogP contribution in [0.15, 0.2) is 27.8 Å². The lowest BCUT2D eigenvalue weighted by molar-refractivity contribution is -0.386. The lowest BCUT2D eigenvalue weighted by atomic mass is 10.1. The molecule has 12 heteroatoms. The molecular weight excluding hydrogens is 412 g/mol. The van der Waals surface area contributed by atoms with Gasteiger partial charge >= 0.3 is 16.9 Å². The molecule has 0 atom stereocenters. The van der Waals surface area contributed by atoms with Crippen molar-refractivity contribution >= 4 is 23.7 Å². The number of nitrogens with zero attached hydrogens (tertiary/aromatic N) is 2. The van der Waals surface area contributed by atoms with Gasteiger partial charge in [-0.3, -0.25) is 24.7 Å². The molecule has 1 aromatic heterocycles. The molecule has 0 bridgehead atoms. The van der Waals surface area contributed by atoms with Crippen LogP contribution in [0.5, 0.6) is 11.5 Å². The number of H-pyrrole nitrogens is 2. The summed E-state index contributed by atoms with van der Waals surface area (Å²) in [6.07, 6.45) is 2.70. The van der Waals surface area contributed by atoms with E-state index in [1.54, 1.807) is 23.1 Å². The van der Waals surface area contributed by atoms with Crippen molar-refractivity contribution in [3.63, 3.8) is 0 Å². The van der Waals surface area contributed by atoms with Crippen molar-refractivity contribution in [2.75, 3.05) is 40.0 Å². The second-order valence-electron chi connectivity index (χ2n) is 6.45. The van der Waals surface area contributed by atoms with Crippen LogP contribution in [0.3, 0.4) is 0 Å². The van der Waals surface area contributed by atoms with Crippen LogP contribution in [-0.4, -0.2) is 65.7 Å². The maximum absolute atomic E-state index is 12.2. The van der Waals surface area contributed by atoms with Crippen molar-refractivity contribution in [2.45, 2.75) is 0 Å². The first-order chi connectivity index (χ1) is 14.9. The molecule has 1 aliphatic rings. The molecule has 1 fully saturated rings. The number of nitro groups is 1. The molecule has 1 aliphatic heterocycles. The van der Waals surface area contributed by atoms with Crippen LogP contribution < -0.4 is 20.7 Å². The molecule has 0 spiro atoms. The zero-order valence-electron chi connectivity index (χ0n) is 16.6. The third-order valence-electron chi connectivity index (χ3n) is 4.47. The van der Waals surface area contributed by atoms with Crippen LogP contribution in [0.1, 0.15) is 11.3 Å². The summed E-state index contributed by atoms with van der Waals surface area (Å²) < 4.78 is 16.1. The molecule has 12 nitrogen and oxygen atoms in total. The van der Waals surface area contributed by atoms with Crippen molar-refractivity contribution in [3.8, 4) is 11.5 Å². The molecule has 31 heavy (non-hydrogen) atoms. The number of amides is 1. The first-order valence-corrected chi connectivity index (χ1v) is 9.24. The fourth-order valence-electron chi connectivity index (χ4n) is 2.93. The van der Waals surface area contributed by atoms with Crippen molar-refractivity contribution in [2.24, 2.45) is 0 Å². The average Bonchev–Trinajstić information content (AvgIpc) is 2.76. The number of ether oxygens (including phenoxy) is 3. The Hall–Kier alpha value is -3.93. The Kier molecular flexibility index (Phi) is 6.82. The van der Waals surface area contributed by atoms with Gasteiger partial charge in [0.15, 0.2) is 18.1 Å². The predicted octanol–water partition coefficient (Wildman–Crippen LogP) is 0.388. The smallest absolute Gasteiger partial charge is 0.357 e. The minimum absolute atomic E-state index is 0.161. The number of carbonyl (C=O) groups is 1. The number of nitrogens with one attached hydrogen (secondary N) is 2. The van der Waals surface area contributed by atoms with Crippen LogP contribution in [-0.2, 0) is 9.53 Å². The number of hydrogen-bond acceptors (Lipinski definition) is 8. The third-order valence-corrected chi connectivity index (χ3v) is 4.47. The minimum atomic E-state index is -1.10. The van der Waals surface area contributed by atoms with E-state index in [0.29, 0.717) is 43.4 Å². The molecule has 0 unspecified atom stereocenters. The van der Waals surface area contributed by atoms with E-state index < -0.39 is 21.9 Å². The second-order valence-corrected chi connectivity index (χ2v) is 6.45. The highest BCUT2D eigenvalue weighted by molar-refractivity contribution is 5.78. The minimum Gasteiger partial charge on any atom is -0.493 e. The number of hydrogen-bond donors (Lipinski definition) is 2. The summed E-state index contributed by atoms with van der Waals surface area (Å²) in [5.74, 6) is 0.516. The number of methoxy groups -OCH3 is 1. The van der Waals surface area contributed by atoms with E-state index in [4.69, 9.17) is 14.2 Å². The van der Waals surface area contributed by atoms with Gasteiger partial charge in [0.2, 0.25) is 0 Å². The molecule has 2 N–H and O–H groups in total. The van der Waals surface area contributed by atoms with Gasteiger partial charge in [0.1, 0.15) is 5.69 Å². The molecule has 3 rings (SSSR count). The number of aromatic amines is 2. The molecule has 1 amide bonds. The Balaban J connectivity index is 1.76. The molecule has 0 saturated carbocycles. The summed E-state index contributed by atoms with van der Waals surface area (Å²) in [6.45, 7) is 1.85. The molecule has 0 aliphatic carbocycles. The fourth-order valence-corrected chi connectivity index (χ4v) is 2.93. The Morgan fingerprint density at radius 3 is 2.65 bits per heavy atom. The van der Waals surface area contributed by atoms with E-state index in [9.17, 15) is 24.5 Å². The molecule has 2 aromatic rings. The Bertz CT molecular complexity index is 1110. The summed E-state index contributed by atoms with van der Waals surface area (Å²) in [6, 6.07) is 4.80. The van der Waals surface area contributed by atoms with E-state index in [1.165, 1.54) is 19.3 Å². The van der Waals surface area contributed by atoms with Gasteiger partial charge in [-0.1, -0.05) is 12.1 Å². The quantitative estimate of drug-likeness (QED) is 0.470. The second kappa shape index (κ2) is 9.71. The molecule has 2 heterocycles. The third kappa shape index (κ3) is 5.36. The summed E-state index contributed by atoms with van der Waals surface area (Å²) in [4.78, 5) is 51.3. The normalized spacial score (nSPS) is 13.9. The first kappa shape index (κ1) is 21.8. The van der Waals surface area contributed by atoms with Gasteiger partial charge in [-0.2, -0.15) is 0 Å². The number of carbonyl (C=O) groups excluding carboxylic acids is 1. The lowest BCUT2D eigenvalue weighted by Gasteiger charge is -2.26. The lowest BCUT2D eigenvalue weighted by Crippen LogP contribution is -2.43. The number of benzene rings is 1. The maximum Gasteiger partial charge on any atom is 0.357 e. The largest absolute Gasteiger partial charge is 0.493 e. The number of aromatic nitrogens is 2. The van der Waals surface area contributed by atoms with Crippen LogP contribution in [0.25, 0.3) is 12.2 Å². The zero-order valence-corrected chi connectivity index (χ0v) is 16.6. The van der Waals surface area contributed by atoms with Crippen LogP contribution in [0.2, 0.25) is 0 Å².